The molecule has 8 heteroatoms. The Morgan fingerprint density at radius 3 is 3.00 bits per heavy atom. The van der Waals surface area contributed by atoms with Crippen LogP contribution in [0.2, 0.25) is 0 Å². The van der Waals surface area contributed by atoms with Crippen molar-refractivity contribution in [1.29, 1.82) is 0 Å². The molecule has 1 fully saturated rings. The summed E-state index contributed by atoms with van der Waals surface area (Å²) in [5.74, 6) is -1.25. The van der Waals surface area contributed by atoms with Gasteiger partial charge in [0.05, 0.1) is 7.11 Å². The fourth-order valence-electron chi connectivity index (χ4n) is 1.87. The van der Waals surface area contributed by atoms with Crippen LogP contribution in [0.1, 0.15) is 23.8 Å². The summed E-state index contributed by atoms with van der Waals surface area (Å²) in [6.45, 7) is 1.90. The number of hydrogen-bond acceptors (Lipinski definition) is 7. The SMILES string of the molecule is CCC1C(=O)NC(=O)CN1c1nc(C(=O)OC)cs1. The molecule has 0 aromatic carbocycles. The van der Waals surface area contributed by atoms with Gasteiger partial charge in [-0.25, -0.2) is 9.78 Å². The Labute approximate surface area is 113 Å². The second kappa shape index (κ2) is 5.35. The minimum absolute atomic E-state index is 0.0539. The lowest BCUT2D eigenvalue weighted by Crippen LogP contribution is -2.58. The Morgan fingerprint density at radius 2 is 2.37 bits per heavy atom. The van der Waals surface area contributed by atoms with Crippen molar-refractivity contribution in [3.8, 4) is 0 Å². The van der Waals surface area contributed by atoms with Crippen LogP contribution in [0.4, 0.5) is 5.13 Å². The van der Waals surface area contributed by atoms with E-state index in [4.69, 9.17) is 0 Å². The van der Waals surface area contributed by atoms with Crippen LogP contribution in [0.5, 0.6) is 0 Å². The number of nitrogens with one attached hydrogen (secondary N) is 1. The van der Waals surface area contributed by atoms with E-state index in [1.165, 1.54) is 18.4 Å². The van der Waals surface area contributed by atoms with E-state index in [0.717, 1.165) is 0 Å². The van der Waals surface area contributed by atoms with Crippen molar-refractivity contribution < 1.29 is 19.1 Å². The second-order valence-corrected chi connectivity index (χ2v) is 4.81. The zero-order valence-electron chi connectivity index (χ0n) is 10.5. The normalized spacial score (nSPS) is 19.3. The highest BCUT2D eigenvalue weighted by Gasteiger charge is 2.34. The largest absolute Gasteiger partial charge is 0.464 e. The van der Waals surface area contributed by atoms with Gasteiger partial charge in [0.15, 0.2) is 10.8 Å². The van der Waals surface area contributed by atoms with Gasteiger partial charge in [-0.3, -0.25) is 14.9 Å². The Hall–Kier alpha value is -1.96. The first-order valence-electron chi connectivity index (χ1n) is 5.71. The van der Waals surface area contributed by atoms with Gasteiger partial charge in [0.2, 0.25) is 11.8 Å². The Morgan fingerprint density at radius 1 is 1.63 bits per heavy atom. The summed E-state index contributed by atoms with van der Waals surface area (Å²) in [6.07, 6.45) is 0.548. The zero-order chi connectivity index (χ0) is 14.0. The highest BCUT2D eigenvalue weighted by Crippen LogP contribution is 2.25. The molecular weight excluding hydrogens is 270 g/mol. The number of imide groups is 1. The number of thiazole rings is 1. The van der Waals surface area contributed by atoms with Gasteiger partial charge in [-0.15, -0.1) is 11.3 Å². The Bertz CT molecular complexity index is 528. The van der Waals surface area contributed by atoms with E-state index in [-0.39, 0.29) is 24.1 Å². The molecule has 1 atom stereocenters. The summed E-state index contributed by atoms with van der Waals surface area (Å²) >= 11 is 1.20. The summed E-state index contributed by atoms with van der Waals surface area (Å²) in [7, 11) is 1.27. The van der Waals surface area contributed by atoms with Crippen LogP contribution in [-0.4, -0.2) is 42.5 Å². The molecule has 1 aliphatic heterocycles. The average molecular weight is 283 g/mol. The average Bonchev–Trinajstić information content (AvgIpc) is 2.86. The standard InChI is InChI=1S/C11H13N3O4S/c1-3-7-9(16)13-8(15)4-14(7)11-12-6(5-19-11)10(17)18-2/h5,7H,3-4H2,1-2H3,(H,13,15,16). The maximum Gasteiger partial charge on any atom is 0.357 e. The predicted octanol–water partition coefficient (Wildman–Crippen LogP) is 0.171. The van der Waals surface area contributed by atoms with E-state index in [0.29, 0.717) is 11.6 Å². The van der Waals surface area contributed by atoms with Crippen LogP contribution in [0.3, 0.4) is 0 Å². The molecule has 1 aliphatic rings. The molecule has 102 valence electrons. The van der Waals surface area contributed by atoms with Gasteiger partial charge in [-0.1, -0.05) is 6.92 Å². The zero-order valence-corrected chi connectivity index (χ0v) is 11.3. The monoisotopic (exact) mass is 283 g/mol. The summed E-state index contributed by atoms with van der Waals surface area (Å²) in [4.78, 5) is 40.2. The van der Waals surface area contributed by atoms with Crippen molar-refractivity contribution >= 4 is 34.3 Å². The number of amides is 2. The Kier molecular flexibility index (Phi) is 3.79. The number of methoxy groups -OCH3 is 1. The lowest BCUT2D eigenvalue weighted by atomic mass is 10.1. The fraction of sp³-hybridized carbons (Fsp3) is 0.455. The van der Waals surface area contributed by atoms with E-state index in [1.807, 2.05) is 6.92 Å². The molecule has 0 spiro atoms. The van der Waals surface area contributed by atoms with E-state index >= 15 is 0 Å². The molecule has 0 radical (unpaired) electrons. The van der Waals surface area contributed by atoms with Gasteiger partial charge in [0.25, 0.3) is 0 Å². The first-order chi connectivity index (χ1) is 9.06. The number of aromatic nitrogens is 1. The van der Waals surface area contributed by atoms with E-state index < -0.39 is 12.0 Å². The minimum atomic E-state index is -0.539. The molecule has 7 nitrogen and oxygen atoms in total. The first kappa shape index (κ1) is 13.5. The van der Waals surface area contributed by atoms with E-state index in [2.05, 4.69) is 15.0 Å². The fourth-order valence-corrected chi connectivity index (χ4v) is 2.71. The first-order valence-corrected chi connectivity index (χ1v) is 6.59. The molecule has 2 amide bonds. The topological polar surface area (TPSA) is 88.6 Å². The van der Waals surface area contributed by atoms with Crippen molar-refractivity contribution in [2.24, 2.45) is 0 Å². The lowest BCUT2D eigenvalue weighted by molar-refractivity contribution is -0.132. The van der Waals surface area contributed by atoms with Crippen LogP contribution >= 0.6 is 11.3 Å². The van der Waals surface area contributed by atoms with Crippen LogP contribution in [0, 0.1) is 0 Å². The van der Waals surface area contributed by atoms with Crippen LogP contribution in [0.25, 0.3) is 0 Å². The third-order valence-electron chi connectivity index (χ3n) is 2.77. The number of esters is 1. The smallest absolute Gasteiger partial charge is 0.357 e. The van der Waals surface area contributed by atoms with Gasteiger partial charge in [0, 0.05) is 5.38 Å². The number of nitrogens with zero attached hydrogens (tertiary/aromatic N) is 2. The highest BCUT2D eigenvalue weighted by atomic mass is 32.1. The molecule has 0 bridgehead atoms. The summed E-state index contributed by atoms with van der Waals surface area (Å²) in [5, 5.41) is 4.30. The molecule has 1 unspecified atom stereocenters. The van der Waals surface area contributed by atoms with Gasteiger partial charge in [-0.2, -0.15) is 0 Å². The quantitative estimate of drug-likeness (QED) is 0.628. The number of ether oxygens (including phenoxy) is 1. The molecule has 1 N–H and O–H groups in total. The molecule has 1 aromatic rings. The molecule has 1 aromatic heterocycles. The highest BCUT2D eigenvalue weighted by molar-refractivity contribution is 7.14. The van der Waals surface area contributed by atoms with Gasteiger partial charge < -0.3 is 9.64 Å². The second-order valence-electron chi connectivity index (χ2n) is 3.97. The molecule has 2 rings (SSSR count). The van der Waals surface area contributed by atoms with Gasteiger partial charge in [0.1, 0.15) is 12.6 Å². The Balaban J connectivity index is 2.27. The molecular formula is C11H13N3O4S. The van der Waals surface area contributed by atoms with Crippen LogP contribution in [0.15, 0.2) is 5.38 Å². The van der Waals surface area contributed by atoms with Crippen molar-refractivity contribution in [2.75, 3.05) is 18.6 Å². The summed E-state index contributed by atoms with van der Waals surface area (Å²) in [5.41, 5.74) is 0.177. The van der Waals surface area contributed by atoms with Crippen molar-refractivity contribution in [2.45, 2.75) is 19.4 Å². The predicted molar refractivity (Wildman–Crippen MR) is 68.0 cm³/mol. The van der Waals surface area contributed by atoms with Crippen molar-refractivity contribution in [3.05, 3.63) is 11.1 Å². The van der Waals surface area contributed by atoms with Crippen LogP contribution in [-0.2, 0) is 14.3 Å². The molecule has 0 saturated carbocycles. The van der Waals surface area contributed by atoms with E-state index in [9.17, 15) is 14.4 Å². The molecule has 1 saturated heterocycles. The number of carbonyl (C=O) groups excluding carboxylic acids is 3. The third kappa shape index (κ3) is 2.58. The number of hydrogen-bond donors (Lipinski definition) is 1. The number of anilines is 1. The number of rotatable bonds is 3. The van der Waals surface area contributed by atoms with Crippen molar-refractivity contribution in [3.63, 3.8) is 0 Å². The maximum atomic E-state index is 11.7. The van der Waals surface area contributed by atoms with Crippen molar-refractivity contribution in [1.82, 2.24) is 10.3 Å². The number of piperazine rings is 1. The van der Waals surface area contributed by atoms with E-state index in [1.54, 1.807) is 10.3 Å². The lowest BCUT2D eigenvalue weighted by Gasteiger charge is -2.32. The van der Waals surface area contributed by atoms with Gasteiger partial charge >= 0.3 is 5.97 Å². The maximum absolute atomic E-state index is 11.7. The molecule has 19 heavy (non-hydrogen) atoms. The third-order valence-corrected chi connectivity index (χ3v) is 3.65. The minimum Gasteiger partial charge on any atom is -0.464 e. The molecule has 2 heterocycles. The van der Waals surface area contributed by atoms with Gasteiger partial charge in [-0.05, 0) is 6.42 Å². The summed E-state index contributed by atoms with van der Waals surface area (Å²) in [6, 6.07) is -0.450. The van der Waals surface area contributed by atoms with Crippen LogP contribution < -0.4 is 10.2 Å². The molecule has 0 aliphatic carbocycles. The number of carbonyl (C=O) groups is 3. The summed E-state index contributed by atoms with van der Waals surface area (Å²) < 4.78 is 4.57.